The summed E-state index contributed by atoms with van der Waals surface area (Å²) >= 11 is 3.22. The van der Waals surface area contributed by atoms with Crippen LogP contribution >= 0.6 is 15.9 Å². The number of ether oxygens (including phenoxy) is 1. The molecule has 0 radical (unpaired) electrons. The smallest absolute Gasteiger partial charge is 0.137 e. The Balaban J connectivity index is 2.27. The zero-order valence-electron chi connectivity index (χ0n) is 8.67. The highest BCUT2D eigenvalue weighted by Crippen LogP contribution is 2.34. The van der Waals surface area contributed by atoms with E-state index in [1.54, 1.807) is 6.07 Å². The fraction of sp³-hybridized carbons (Fsp3) is 0.417. The molecular formula is C12H11BrFNO. The van der Waals surface area contributed by atoms with Gasteiger partial charge in [-0.2, -0.15) is 5.26 Å². The molecule has 1 unspecified atom stereocenters. The maximum Gasteiger partial charge on any atom is 0.137 e. The molecule has 16 heavy (non-hydrogen) atoms. The Morgan fingerprint density at radius 3 is 3.00 bits per heavy atom. The lowest BCUT2D eigenvalue weighted by Gasteiger charge is -2.19. The van der Waals surface area contributed by atoms with Crippen LogP contribution in [0.4, 0.5) is 4.39 Å². The van der Waals surface area contributed by atoms with Crippen molar-refractivity contribution in [3.05, 3.63) is 34.1 Å². The van der Waals surface area contributed by atoms with Crippen molar-refractivity contribution in [2.45, 2.75) is 12.8 Å². The van der Waals surface area contributed by atoms with Crippen molar-refractivity contribution in [2.75, 3.05) is 13.2 Å². The summed E-state index contributed by atoms with van der Waals surface area (Å²) in [7, 11) is 0. The van der Waals surface area contributed by atoms with Gasteiger partial charge in [0.15, 0.2) is 0 Å². The molecule has 1 fully saturated rings. The first kappa shape index (κ1) is 11.6. The third-order valence-corrected chi connectivity index (χ3v) is 3.79. The van der Waals surface area contributed by atoms with Gasteiger partial charge in [-0.3, -0.25) is 0 Å². The van der Waals surface area contributed by atoms with E-state index >= 15 is 0 Å². The number of nitriles is 1. The van der Waals surface area contributed by atoms with Gasteiger partial charge < -0.3 is 4.74 Å². The first-order valence-electron chi connectivity index (χ1n) is 5.09. The van der Waals surface area contributed by atoms with Gasteiger partial charge in [-0.15, -0.1) is 0 Å². The molecule has 0 spiro atoms. The lowest BCUT2D eigenvalue weighted by molar-refractivity contribution is 0.171. The Kier molecular flexibility index (Phi) is 3.27. The number of nitrogens with zero attached hydrogens (tertiary/aromatic N) is 1. The van der Waals surface area contributed by atoms with E-state index in [1.165, 1.54) is 6.07 Å². The molecule has 1 aliphatic rings. The first-order valence-corrected chi connectivity index (χ1v) is 5.88. The molecule has 0 aromatic heterocycles. The fourth-order valence-corrected chi connectivity index (χ4v) is 2.33. The molecule has 84 valence electrons. The number of halogens is 2. The third kappa shape index (κ3) is 2.11. The molecule has 1 heterocycles. The molecule has 1 aromatic carbocycles. The zero-order chi connectivity index (χ0) is 11.6. The van der Waals surface area contributed by atoms with Gasteiger partial charge in [-0.25, -0.2) is 4.39 Å². The highest BCUT2D eigenvalue weighted by atomic mass is 79.9. The number of benzene rings is 1. The minimum atomic E-state index is -0.490. The summed E-state index contributed by atoms with van der Waals surface area (Å²) < 4.78 is 19.0. The fourth-order valence-electron chi connectivity index (χ4n) is 1.92. The van der Waals surface area contributed by atoms with E-state index in [-0.39, 0.29) is 5.82 Å². The summed E-state index contributed by atoms with van der Waals surface area (Å²) in [5, 5.41) is 9.20. The van der Waals surface area contributed by atoms with Crippen molar-refractivity contribution in [1.29, 1.82) is 5.26 Å². The van der Waals surface area contributed by atoms with Crippen LogP contribution < -0.4 is 0 Å². The highest BCUT2D eigenvalue weighted by molar-refractivity contribution is 9.10. The SMILES string of the molecule is N#CC1(Cc2cccc(F)c2Br)CCOC1. The molecule has 1 aromatic rings. The van der Waals surface area contributed by atoms with Gasteiger partial charge in [0.05, 0.1) is 22.6 Å². The monoisotopic (exact) mass is 283 g/mol. The van der Waals surface area contributed by atoms with E-state index in [9.17, 15) is 9.65 Å². The predicted molar refractivity (Wildman–Crippen MR) is 61.3 cm³/mol. The van der Waals surface area contributed by atoms with Crippen LogP contribution in [-0.4, -0.2) is 13.2 Å². The molecule has 0 aliphatic carbocycles. The van der Waals surface area contributed by atoms with E-state index in [0.717, 1.165) is 5.56 Å². The molecule has 2 nitrogen and oxygen atoms in total. The van der Waals surface area contributed by atoms with Crippen LogP contribution in [0, 0.1) is 22.6 Å². The highest BCUT2D eigenvalue weighted by Gasteiger charge is 2.35. The largest absolute Gasteiger partial charge is 0.380 e. The molecule has 0 N–H and O–H groups in total. The van der Waals surface area contributed by atoms with E-state index in [1.807, 2.05) is 6.07 Å². The van der Waals surface area contributed by atoms with E-state index in [2.05, 4.69) is 22.0 Å². The maximum absolute atomic E-state index is 13.3. The summed E-state index contributed by atoms with van der Waals surface area (Å²) in [4.78, 5) is 0. The summed E-state index contributed by atoms with van der Waals surface area (Å²) in [6.07, 6.45) is 1.24. The van der Waals surface area contributed by atoms with Gasteiger partial charge in [-0.05, 0) is 40.4 Å². The van der Waals surface area contributed by atoms with E-state index < -0.39 is 5.41 Å². The molecule has 1 atom stereocenters. The van der Waals surface area contributed by atoms with Gasteiger partial charge in [0, 0.05) is 6.61 Å². The number of rotatable bonds is 2. The average Bonchev–Trinajstić information content (AvgIpc) is 2.74. The van der Waals surface area contributed by atoms with Crippen LogP contribution in [0.15, 0.2) is 22.7 Å². The Bertz CT molecular complexity index is 435. The minimum absolute atomic E-state index is 0.287. The van der Waals surface area contributed by atoms with Crippen molar-refractivity contribution in [1.82, 2.24) is 0 Å². The van der Waals surface area contributed by atoms with E-state index in [4.69, 9.17) is 4.74 Å². The molecule has 0 amide bonds. The second kappa shape index (κ2) is 4.52. The Morgan fingerprint density at radius 2 is 2.38 bits per heavy atom. The van der Waals surface area contributed by atoms with Crippen LogP contribution in [0.3, 0.4) is 0 Å². The van der Waals surface area contributed by atoms with Crippen LogP contribution in [0.1, 0.15) is 12.0 Å². The van der Waals surface area contributed by atoms with Crippen LogP contribution in [0.2, 0.25) is 0 Å². The predicted octanol–water partition coefficient (Wildman–Crippen LogP) is 3.06. The van der Waals surface area contributed by atoms with Gasteiger partial charge in [0.2, 0.25) is 0 Å². The van der Waals surface area contributed by atoms with Crippen molar-refractivity contribution in [3.8, 4) is 6.07 Å². The molecule has 1 saturated heterocycles. The number of hydrogen-bond acceptors (Lipinski definition) is 2. The van der Waals surface area contributed by atoms with Crippen molar-refractivity contribution >= 4 is 15.9 Å². The molecule has 0 bridgehead atoms. The Morgan fingerprint density at radius 1 is 1.56 bits per heavy atom. The lowest BCUT2D eigenvalue weighted by Crippen LogP contribution is -2.22. The minimum Gasteiger partial charge on any atom is -0.380 e. The standard InChI is InChI=1S/C12H11BrFNO/c13-11-9(2-1-3-10(11)14)6-12(7-15)4-5-16-8-12/h1-3H,4-6,8H2. The summed E-state index contributed by atoms with van der Waals surface area (Å²) in [6, 6.07) is 7.21. The van der Waals surface area contributed by atoms with Gasteiger partial charge in [-0.1, -0.05) is 12.1 Å². The molecule has 0 saturated carbocycles. The molecule has 2 rings (SSSR count). The molecule has 1 aliphatic heterocycles. The lowest BCUT2D eigenvalue weighted by atomic mass is 9.82. The van der Waals surface area contributed by atoms with Gasteiger partial charge >= 0.3 is 0 Å². The first-order chi connectivity index (χ1) is 7.67. The normalized spacial score (nSPS) is 24.3. The van der Waals surface area contributed by atoms with E-state index in [0.29, 0.717) is 30.5 Å². The zero-order valence-corrected chi connectivity index (χ0v) is 10.3. The quantitative estimate of drug-likeness (QED) is 0.836. The Hall–Kier alpha value is -0.920. The molecular weight excluding hydrogens is 273 g/mol. The van der Waals surface area contributed by atoms with Crippen LogP contribution in [0.25, 0.3) is 0 Å². The third-order valence-electron chi connectivity index (χ3n) is 2.90. The summed E-state index contributed by atoms with van der Waals surface area (Å²) in [5.41, 5.74) is 0.336. The topological polar surface area (TPSA) is 33.0 Å². The summed E-state index contributed by atoms with van der Waals surface area (Å²) in [6.45, 7) is 1.05. The van der Waals surface area contributed by atoms with Crippen molar-refractivity contribution < 1.29 is 9.13 Å². The second-order valence-electron chi connectivity index (χ2n) is 4.08. The van der Waals surface area contributed by atoms with Crippen molar-refractivity contribution in [2.24, 2.45) is 5.41 Å². The van der Waals surface area contributed by atoms with Crippen LogP contribution in [-0.2, 0) is 11.2 Å². The van der Waals surface area contributed by atoms with Crippen molar-refractivity contribution in [3.63, 3.8) is 0 Å². The maximum atomic E-state index is 13.3. The summed E-state index contributed by atoms with van der Waals surface area (Å²) in [5.74, 6) is -0.287. The van der Waals surface area contributed by atoms with Crippen LogP contribution in [0.5, 0.6) is 0 Å². The second-order valence-corrected chi connectivity index (χ2v) is 4.88. The van der Waals surface area contributed by atoms with Gasteiger partial charge in [0.1, 0.15) is 5.82 Å². The molecule has 4 heteroatoms. The van der Waals surface area contributed by atoms with Gasteiger partial charge in [0.25, 0.3) is 0 Å². The average molecular weight is 284 g/mol. The number of hydrogen-bond donors (Lipinski definition) is 0. The Labute approximate surface area is 102 Å².